The Morgan fingerprint density at radius 3 is 2.87 bits per heavy atom. The van der Waals surface area contributed by atoms with Crippen LogP contribution in [0, 0.1) is 0 Å². The van der Waals surface area contributed by atoms with Crippen molar-refractivity contribution >= 4 is 45.9 Å². The van der Waals surface area contributed by atoms with Crippen LogP contribution in [0.15, 0.2) is 28.6 Å². The monoisotopic (exact) mass is 353 g/mol. The van der Waals surface area contributed by atoms with Crippen LogP contribution in [0.25, 0.3) is 0 Å². The van der Waals surface area contributed by atoms with Crippen LogP contribution in [0.1, 0.15) is 6.42 Å². The molecule has 0 spiro atoms. The molecule has 1 aromatic heterocycles. The van der Waals surface area contributed by atoms with Crippen LogP contribution in [0.5, 0.6) is 5.75 Å². The quantitative estimate of drug-likeness (QED) is 0.651. The SMILES string of the molecule is COc1ccccc1Nc1nnc(SCCC(=O)NC(N)=O)s1. The number of ether oxygens (including phenoxy) is 1. The van der Waals surface area contributed by atoms with Gasteiger partial charge in [-0.3, -0.25) is 10.1 Å². The molecule has 4 N–H and O–H groups in total. The molecule has 0 aliphatic rings. The third-order valence-electron chi connectivity index (χ3n) is 2.57. The van der Waals surface area contributed by atoms with Gasteiger partial charge in [-0.2, -0.15) is 0 Å². The van der Waals surface area contributed by atoms with Gasteiger partial charge in [0.1, 0.15) is 5.75 Å². The van der Waals surface area contributed by atoms with E-state index in [1.54, 1.807) is 7.11 Å². The number of imide groups is 1. The molecular weight excluding hydrogens is 338 g/mol. The smallest absolute Gasteiger partial charge is 0.318 e. The van der Waals surface area contributed by atoms with Gasteiger partial charge in [0, 0.05) is 12.2 Å². The number of hydrogen-bond donors (Lipinski definition) is 3. The number of methoxy groups -OCH3 is 1. The Morgan fingerprint density at radius 1 is 1.35 bits per heavy atom. The maximum atomic E-state index is 11.3. The molecule has 2 aromatic rings. The lowest BCUT2D eigenvalue weighted by atomic mass is 10.3. The van der Waals surface area contributed by atoms with Crippen molar-refractivity contribution in [3.63, 3.8) is 0 Å². The summed E-state index contributed by atoms with van der Waals surface area (Å²) in [5.74, 6) is 0.768. The fraction of sp³-hybridized carbons (Fsp3) is 0.231. The van der Waals surface area contributed by atoms with Crippen LogP contribution in [0.2, 0.25) is 0 Å². The van der Waals surface area contributed by atoms with Crippen molar-refractivity contribution in [2.24, 2.45) is 5.73 Å². The molecule has 1 aromatic carbocycles. The van der Waals surface area contributed by atoms with Crippen molar-refractivity contribution in [3.05, 3.63) is 24.3 Å². The summed E-state index contributed by atoms with van der Waals surface area (Å²) >= 11 is 2.74. The Morgan fingerprint density at radius 2 is 2.13 bits per heavy atom. The number of carbonyl (C=O) groups is 2. The molecule has 0 saturated carbocycles. The third kappa shape index (κ3) is 5.42. The first-order valence-electron chi connectivity index (χ1n) is 6.54. The van der Waals surface area contributed by atoms with Gasteiger partial charge in [0.2, 0.25) is 11.0 Å². The number of anilines is 2. The number of amides is 3. The fourth-order valence-corrected chi connectivity index (χ4v) is 3.39. The first-order chi connectivity index (χ1) is 11.1. The highest BCUT2D eigenvalue weighted by Gasteiger charge is 2.09. The topological polar surface area (TPSA) is 119 Å². The summed E-state index contributed by atoms with van der Waals surface area (Å²) < 4.78 is 5.97. The third-order valence-corrected chi connectivity index (χ3v) is 4.55. The van der Waals surface area contributed by atoms with Gasteiger partial charge in [-0.25, -0.2) is 4.79 Å². The predicted octanol–water partition coefficient (Wildman–Crippen LogP) is 1.97. The summed E-state index contributed by atoms with van der Waals surface area (Å²) in [6.07, 6.45) is 0.169. The van der Waals surface area contributed by atoms with Crippen LogP contribution in [0.4, 0.5) is 15.6 Å². The molecule has 0 aliphatic heterocycles. The summed E-state index contributed by atoms with van der Waals surface area (Å²) in [5.41, 5.74) is 5.65. The molecule has 0 saturated heterocycles. The van der Waals surface area contributed by atoms with Crippen molar-refractivity contribution in [1.82, 2.24) is 15.5 Å². The molecule has 2 rings (SSSR count). The number of para-hydroxylation sites is 2. The van der Waals surface area contributed by atoms with Gasteiger partial charge in [0.05, 0.1) is 12.8 Å². The lowest BCUT2D eigenvalue weighted by molar-refractivity contribution is -0.119. The molecule has 3 amide bonds. The fourth-order valence-electron chi connectivity index (χ4n) is 1.61. The highest BCUT2D eigenvalue weighted by molar-refractivity contribution is 8.01. The number of aromatic nitrogens is 2. The van der Waals surface area contributed by atoms with Crippen LogP contribution >= 0.6 is 23.1 Å². The number of nitrogens with one attached hydrogen (secondary N) is 2. The molecule has 10 heteroatoms. The number of benzene rings is 1. The lowest BCUT2D eigenvalue weighted by Crippen LogP contribution is -2.35. The number of carbonyl (C=O) groups excluding carboxylic acids is 2. The van der Waals surface area contributed by atoms with E-state index in [1.807, 2.05) is 29.6 Å². The minimum absolute atomic E-state index is 0.169. The summed E-state index contributed by atoms with van der Waals surface area (Å²) in [6.45, 7) is 0. The minimum Gasteiger partial charge on any atom is -0.495 e. The number of hydrogen-bond acceptors (Lipinski definition) is 8. The molecule has 0 fully saturated rings. The van der Waals surface area contributed by atoms with Crippen molar-refractivity contribution in [3.8, 4) is 5.75 Å². The largest absolute Gasteiger partial charge is 0.495 e. The molecule has 0 bridgehead atoms. The highest BCUT2D eigenvalue weighted by atomic mass is 32.2. The average molecular weight is 353 g/mol. The Balaban J connectivity index is 1.86. The Kier molecular flexibility index (Phi) is 6.18. The van der Waals surface area contributed by atoms with Crippen molar-refractivity contribution in [1.29, 1.82) is 0 Å². The van der Waals surface area contributed by atoms with E-state index in [9.17, 15) is 9.59 Å². The normalized spacial score (nSPS) is 10.1. The Labute approximate surface area is 140 Å². The summed E-state index contributed by atoms with van der Waals surface area (Å²) in [7, 11) is 1.60. The molecule has 23 heavy (non-hydrogen) atoms. The summed E-state index contributed by atoms with van der Waals surface area (Å²) in [4.78, 5) is 21.8. The van der Waals surface area contributed by atoms with Gasteiger partial charge in [-0.1, -0.05) is 35.2 Å². The van der Waals surface area contributed by atoms with E-state index in [2.05, 4.69) is 15.5 Å². The molecule has 0 radical (unpaired) electrons. The molecule has 0 atom stereocenters. The number of nitrogens with zero attached hydrogens (tertiary/aromatic N) is 2. The van der Waals surface area contributed by atoms with Crippen molar-refractivity contribution in [2.45, 2.75) is 10.8 Å². The van der Waals surface area contributed by atoms with Crippen LogP contribution in [-0.4, -0.2) is 35.0 Å². The maximum Gasteiger partial charge on any atom is 0.318 e. The van der Waals surface area contributed by atoms with E-state index < -0.39 is 11.9 Å². The zero-order chi connectivity index (χ0) is 16.7. The lowest BCUT2D eigenvalue weighted by Gasteiger charge is -2.07. The second-order valence-corrected chi connectivity index (χ2v) is 6.53. The van der Waals surface area contributed by atoms with Gasteiger partial charge in [0.25, 0.3) is 0 Å². The van der Waals surface area contributed by atoms with Gasteiger partial charge >= 0.3 is 6.03 Å². The molecule has 0 aliphatic carbocycles. The molecular formula is C13H15N5O3S2. The second-order valence-electron chi connectivity index (χ2n) is 4.21. The summed E-state index contributed by atoms with van der Waals surface area (Å²) in [5, 5.41) is 13.8. The zero-order valence-electron chi connectivity index (χ0n) is 12.2. The van der Waals surface area contributed by atoms with E-state index in [1.165, 1.54) is 23.1 Å². The predicted molar refractivity (Wildman–Crippen MR) is 89.3 cm³/mol. The van der Waals surface area contributed by atoms with E-state index in [0.717, 1.165) is 5.69 Å². The number of rotatable bonds is 7. The molecule has 0 unspecified atom stereocenters. The Bertz CT molecular complexity index is 692. The summed E-state index contributed by atoms with van der Waals surface area (Å²) in [6, 6.07) is 6.64. The van der Waals surface area contributed by atoms with Crippen molar-refractivity contribution < 1.29 is 14.3 Å². The molecule has 1 heterocycles. The zero-order valence-corrected chi connectivity index (χ0v) is 13.9. The minimum atomic E-state index is -0.848. The number of thioether (sulfide) groups is 1. The number of urea groups is 1. The van der Waals surface area contributed by atoms with E-state index in [0.29, 0.717) is 21.0 Å². The number of primary amides is 1. The van der Waals surface area contributed by atoms with E-state index >= 15 is 0 Å². The van der Waals surface area contributed by atoms with Crippen LogP contribution in [-0.2, 0) is 4.79 Å². The van der Waals surface area contributed by atoms with Gasteiger partial charge in [0.15, 0.2) is 4.34 Å². The van der Waals surface area contributed by atoms with Crippen LogP contribution in [0.3, 0.4) is 0 Å². The van der Waals surface area contributed by atoms with Gasteiger partial charge < -0.3 is 15.8 Å². The molecule has 8 nitrogen and oxygen atoms in total. The molecule has 122 valence electrons. The van der Waals surface area contributed by atoms with Gasteiger partial charge in [-0.15, -0.1) is 10.2 Å². The highest BCUT2D eigenvalue weighted by Crippen LogP contribution is 2.31. The van der Waals surface area contributed by atoms with Crippen molar-refractivity contribution in [2.75, 3.05) is 18.2 Å². The first kappa shape index (κ1) is 17.0. The van der Waals surface area contributed by atoms with Crippen LogP contribution < -0.4 is 21.1 Å². The van der Waals surface area contributed by atoms with E-state index in [-0.39, 0.29) is 6.42 Å². The number of nitrogens with two attached hydrogens (primary N) is 1. The Hall–Kier alpha value is -2.33. The van der Waals surface area contributed by atoms with E-state index in [4.69, 9.17) is 10.5 Å². The first-order valence-corrected chi connectivity index (χ1v) is 8.34. The van der Waals surface area contributed by atoms with Gasteiger partial charge in [-0.05, 0) is 12.1 Å². The average Bonchev–Trinajstić information content (AvgIpc) is 2.94. The standard InChI is InChI=1S/C13H15N5O3S2/c1-21-9-5-3-2-4-8(9)15-12-17-18-13(23-12)22-7-6-10(19)16-11(14)20/h2-5H,6-7H2,1H3,(H,15,17)(H3,14,16,19,20). The second kappa shape index (κ2) is 8.34. The maximum absolute atomic E-state index is 11.3.